The Morgan fingerprint density at radius 2 is 1.73 bits per heavy atom. The monoisotopic (exact) mass is 362 g/mol. The van der Waals surface area contributed by atoms with E-state index in [1.807, 2.05) is 52.7 Å². The van der Waals surface area contributed by atoms with Crippen molar-refractivity contribution in [2.45, 2.75) is 38.1 Å². The van der Waals surface area contributed by atoms with Crippen molar-refractivity contribution >= 4 is 23.1 Å². The maximum atomic E-state index is 13.6. The van der Waals surface area contributed by atoms with Gasteiger partial charge in [0.25, 0.3) is 5.91 Å². The highest BCUT2D eigenvalue weighted by molar-refractivity contribution is 7.12. The van der Waals surface area contributed by atoms with Crippen LogP contribution in [-0.4, -0.2) is 16.9 Å². The van der Waals surface area contributed by atoms with Crippen molar-refractivity contribution in [3.05, 3.63) is 71.1 Å². The molecule has 1 aliphatic rings. The van der Waals surface area contributed by atoms with Crippen LogP contribution in [0.3, 0.4) is 0 Å². The van der Waals surface area contributed by atoms with Gasteiger partial charge in [-0.3, -0.25) is 9.69 Å². The van der Waals surface area contributed by atoms with Crippen molar-refractivity contribution in [1.29, 1.82) is 0 Å². The van der Waals surface area contributed by atoms with Gasteiger partial charge in [-0.15, -0.1) is 11.3 Å². The lowest BCUT2D eigenvalue weighted by Gasteiger charge is -2.33. The van der Waals surface area contributed by atoms with E-state index >= 15 is 0 Å². The number of hydrogen-bond donors (Lipinski definition) is 0. The first-order chi connectivity index (χ1) is 12.8. The van der Waals surface area contributed by atoms with E-state index in [9.17, 15) is 4.79 Å². The topological polar surface area (TPSA) is 33.2 Å². The summed E-state index contributed by atoms with van der Waals surface area (Å²) in [4.78, 5) is 20.8. The van der Waals surface area contributed by atoms with Gasteiger partial charge < -0.3 is 0 Å². The second kappa shape index (κ2) is 7.83. The molecule has 2 aromatic heterocycles. The van der Waals surface area contributed by atoms with Crippen molar-refractivity contribution in [2.75, 3.05) is 4.90 Å². The van der Waals surface area contributed by atoms with Crippen LogP contribution in [0.4, 0.5) is 5.82 Å². The van der Waals surface area contributed by atoms with Gasteiger partial charge in [-0.2, -0.15) is 0 Å². The van der Waals surface area contributed by atoms with Crippen LogP contribution in [0.25, 0.3) is 11.1 Å². The number of anilines is 1. The number of hydrogen-bond acceptors (Lipinski definition) is 3. The summed E-state index contributed by atoms with van der Waals surface area (Å²) in [7, 11) is 0. The molecule has 4 rings (SSSR count). The fourth-order valence-corrected chi connectivity index (χ4v) is 4.57. The van der Waals surface area contributed by atoms with Crippen LogP contribution in [0.15, 0.2) is 66.2 Å². The number of rotatable bonds is 4. The van der Waals surface area contributed by atoms with Gasteiger partial charge in [0.05, 0.1) is 0 Å². The van der Waals surface area contributed by atoms with E-state index in [0.29, 0.717) is 0 Å². The van der Waals surface area contributed by atoms with Crippen molar-refractivity contribution in [1.82, 2.24) is 4.98 Å². The Morgan fingerprint density at radius 1 is 0.962 bits per heavy atom. The Balaban J connectivity index is 1.73. The number of thiophene rings is 1. The molecule has 3 nitrogen and oxygen atoms in total. The van der Waals surface area contributed by atoms with Crippen molar-refractivity contribution in [3.63, 3.8) is 0 Å². The normalized spacial score (nSPS) is 14.9. The van der Waals surface area contributed by atoms with Gasteiger partial charge in [0, 0.05) is 17.8 Å². The standard InChI is InChI=1S/C22H22N2OS/c25-22(21-19(14-16-26-21)17-9-3-1-4-10-17)24(18-11-5-2-6-12-18)20-13-7-8-15-23-20/h1,3-4,7-10,13-16,18H,2,5-6,11-12H2. The fraction of sp³-hybridized carbons (Fsp3) is 0.273. The zero-order valence-corrected chi connectivity index (χ0v) is 15.5. The quantitative estimate of drug-likeness (QED) is 0.588. The minimum Gasteiger partial charge on any atom is -0.289 e. The van der Waals surface area contributed by atoms with E-state index in [0.717, 1.165) is 34.7 Å². The summed E-state index contributed by atoms with van der Waals surface area (Å²) in [5.41, 5.74) is 2.10. The molecule has 1 aliphatic carbocycles. The molecule has 1 saturated carbocycles. The largest absolute Gasteiger partial charge is 0.289 e. The highest BCUT2D eigenvalue weighted by Crippen LogP contribution is 2.33. The minimum atomic E-state index is 0.0736. The summed E-state index contributed by atoms with van der Waals surface area (Å²) < 4.78 is 0. The molecule has 132 valence electrons. The van der Waals surface area contributed by atoms with E-state index in [1.165, 1.54) is 30.6 Å². The smallest absolute Gasteiger partial charge is 0.270 e. The number of amides is 1. The SMILES string of the molecule is O=C(c1sccc1-c1ccccc1)N(c1ccccn1)C1CCCCC1. The molecule has 0 atom stereocenters. The Hall–Kier alpha value is -2.46. The molecule has 0 bridgehead atoms. The van der Waals surface area contributed by atoms with E-state index in [2.05, 4.69) is 17.1 Å². The molecule has 0 aliphatic heterocycles. The summed E-state index contributed by atoms with van der Waals surface area (Å²) in [6.07, 6.45) is 7.48. The van der Waals surface area contributed by atoms with Gasteiger partial charge in [0.2, 0.25) is 0 Å². The molecular weight excluding hydrogens is 340 g/mol. The predicted molar refractivity (Wildman–Crippen MR) is 108 cm³/mol. The molecule has 1 aromatic carbocycles. The molecule has 1 fully saturated rings. The number of carbonyl (C=O) groups excluding carboxylic acids is 1. The number of aromatic nitrogens is 1. The van der Waals surface area contributed by atoms with E-state index < -0.39 is 0 Å². The van der Waals surface area contributed by atoms with Crippen LogP contribution >= 0.6 is 11.3 Å². The number of pyridine rings is 1. The summed E-state index contributed by atoms with van der Waals surface area (Å²) in [5, 5.41) is 2.01. The highest BCUT2D eigenvalue weighted by Gasteiger charge is 2.30. The Labute approximate surface area is 158 Å². The summed E-state index contributed by atoms with van der Waals surface area (Å²) in [5.74, 6) is 0.835. The van der Waals surface area contributed by atoms with E-state index in [1.54, 1.807) is 6.20 Å². The first-order valence-corrected chi connectivity index (χ1v) is 10.1. The predicted octanol–water partition coefficient (Wildman–Crippen LogP) is 5.79. The van der Waals surface area contributed by atoms with Crippen LogP contribution in [0, 0.1) is 0 Å². The lowest BCUT2D eigenvalue weighted by molar-refractivity contribution is 0.0974. The number of nitrogens with zero attached hydrogens (tertiary/aromatic N) is 2. The third kappa shape index (κ3) is 3.42. The zero-order valence-electron chi connectivity index (χ0n) is 14.7. The maximum Gasteiger partial charge on any atom is 0.270 e. The summed E-state index contributed by atoms with van der Waals surface area (Å²) >= 11 is 1.52. The Kier molecular flexibility index (Phi) is 5.12. The van der Waals surface area contributed by atoms with Crippen LogP contribution < -0.4 is 4.90 Å². The van der Waals surface area contributed by atoms with Crippen LogP contribution in [0.1, 0.15) is 41.8 Å². The van der Waals surface area contributed by atoms with Crippen molar-refractivity contribution in [3.8, 4) is 11.1 Å². The summed E-state index contributed by atoms with van der Waals surface area (Å²) in [6, 6.07) is 18.2. The molecule has 0 N–H and O–H groups in total. The van der Waals surface area contributed by atoms with Crippen LogP contribution in [0.2, 0.25) is 0 Å². The van der Waals surface area contributed by atoms with Gasteiger partial charge in [0.15, 0.2) is 0 Å². The maximum absolute atomic E-state index is 13.6. The number of benzene rings is 1. The van der Waals surface area contributed by atoms with Crippen molar-refractivity contribution in [2.24, 2.45) is 0 Å². The van der Waals surface area contributed by atoms with Gasteiger partial charge in [-0.25, -0.2) is 4.98 Å². The van der Waals surface area contributed by atoms with Gasteiger partial charge in [-0.1, -0.05) is 55.7 Å². The second-order valence-electron chi connectivity index (χ2n) is 6.68. The third-order valence-electron chi connectivity index (χ3n) is 5.00. The Morgan fingerprint density at radius 3 is 2.46 bits per heavy atom. The molecule has 1 amide bonds. The molecule has 0 unspecified atom stereocenters. The first kappa shape index (κ1) is 17.0. The third-order valence-corrected chi connectivity index (χ3v) is 5.90. The highest BCUT2D eigenvalue weighted by atomic mass is 32.1. The van der Waals surface area contributed by atoms with Crippen LogP contribution in [-0.2, 0) is 0 Å². The molecule has 26 heavy (non-hydrogen) atoms. The van der Waals surface area contributed by atoms with Gasteiger partial charge >= 0.3 is 0 Å². The van der Waals surface area contributed by atoms with Crippen molar-refractivity contribution < 1.29 is 4.79 Å². The average Bonchev–Trinajstić information content (AvgIpc) is 3.20. The average molecular weight is 362 g/mol. The lowest BCUT2D eigenvalue weighted by Crippen LogP contribution is -2.42. The zero-order chi connectivity index (χ0) is 17.8. The molecule has 2 heterocycles. The van der Waals surface area contributed by atoms with Gasteiger partial charge in [-0.05, 0) is 42.0 Å². The Bertz CT molecular complexity index is 854. The van der Waals surface area contributed by atoms with Gasteiger partial charge in [0.1, 0.15) is 10.7 Å². The van der Waals surface area contributed by atoms with E-state index in [4.69, 9.17) is 0 Å². The molecule has 4 heteroatoms. The fourth-order valence-electron chi connectivity index (χ4n) is 3.72. The lowest BCUT2D eigenvalue weighted by atomic mass is 9.93. The molecular formula is C22H22N2OS. The summed E-state index contributed by atoms with van der Waals surface area (Å²) in [6.45, 7) is 0. The van der Waals surface area contributed by atoms with E-state index in [-0.39, 0.29) is 11.9 Å². The minimum absolute atomic E-state index is 0.0736. The second-order valence-corrected chi connectivity index (χ2v) is 7.60. The molecule has 3 aromatic rings. The number of carbonyl (C=O) groups is 1. The molecule has 0 radical (unpaired) electrons. The van der Waals surface area contributed by atoms with Crippen LogP contribution in [0.5, 0.6) is 0 Å². The molecule has 0 saturated heterocycles. The molecule has 0 spiro atoms. The first-order valence-electron chi connectivity index (χ1n) is 9.22.